The van der Waals surface area contributed by atoms with Crippen LogP contribution in [-0.2, 0) is 35.2 Å². The first-order valence-corrected chi connectivity index (χ1v) is 12.5. The molecule has 200 valence electrons. The van der Waals surface area contributed by atoms with Crippen LogP contribution in [0, 0.1) is 0 Å². The number of nitrogens with zero attached hydrogens (tertiary/aromatic N) is 1. The van der Waals surface area contributed by atoms with E-state index in [1.165, 1.54) is 36.3 Å². The summed E-state index contributed by atoms with van der Waals surface area (Å²) >= 11 is 11.8. The van der Waals surface area contributed by atoms with Gasteiger partial charge in [0.1, 0.15) is 11.5 Å². The monoisotopic (exact) mass is 561 g/mol. The van der Waals surface area contributed by atoms with Crippen LogP contribution >= 0.6 is 23.2 Å². The van der Waals surface area contributed by atoms with Crippen LogP contribution in [0.2, 0.25) is 10.0 Å². The molecule has 0 unspecified atom stereocenters. The number of ether oxygens (including phenoxy) is 2. The third kappa shape index (κ3) is 6.09. The number of furan rings is 1. The zero-order valence-electron chi connectivity index (χ0n) is 20.6. The van der Waals surface area contributed by atoms with Crippen molar-refractivity contribution in [1.82, 2.24) is 10.2 Å². The average Bonchev–Trinajstić information content (AvgIpc) is 3.63. The maximum Gasteiger partial charge on any atom is 0.340 e. The Hall–Kier alpha value is -3.60. The van der Waals surface area contributed by atoms with E-state index in [1.54, 1.807) is 19.1 Å². The number of anilines is 1. The number of nitrogens with one attached hydrogen (secondary N) is 2. The molecule has 0 radical (unpaired) electrons. The molecule has 2 aromatic rings. The summed E-state index contributed by atoms with van der Waals surface area (Å²) < 4.78 is 16.3. The third-order valence-corrected chi connectivity index (χ3v) is 6.83. The molecule has 3 heterocycles. The van der Waals surface area contributed by atoms with E-state index in [4.69, 9.17) is 37.1 Å². The molecule has 38 heavy (non-hydrogen) atoms. The van der Waals surface area contributed by atoms with Gasteiger partial charge in [-0.25, -0.2) is 4.79 Å². The summed E-state index contributed by atoms with van der Waals surface area (Å²) in [5, 5.41) is 5.43. The van der Waals surface area contributed by atoms with Gasteiger partial charge in [0.05, 0.1) is 47.5 Å². The van der Waals surface area contributed by atoms with Crippen LogP contribution in [0.15, 0.2) is 51.6 Å². The maximum atomic E-state index is 13.2. The minimum absolute atomic E-state index is 0.0887. The number of hydrogen-bond acceptors (Lipinski definition) is 7. The Morgan fingerprint density at radius 1 is 1.16 bits per heavy atom. The van der Waals surface area contributed by atoms with E-state index in [9.17, 15) is 19.2 Å². The number of rotatable bonds is 7. The summed E-state index contributed by atoms with van der Waals surface area (Å²) in [6.45, 7) is 2.58. The number of methoxy groups -OCH3 is 1. The molecule has 0 bridgehead atoms. The lowest BCUT2D eigenvalue weighted by Crippen LogP contribution is -2.34. The number of amides is 3. The molecule has 3 amide bonds. The van der Waals surface area contributed by atoms with Crippen LogP contribution in [0.25, 0.3) is 6.08 Å². The van der Waals surface area contributed by atoms with Crippen LogP contribution in [-0.4, -0.2) is 55.0 Å². The highest BCUT2D eigenvalue weighted by molar-refractivity contribution is 6.43. The summed E-state index contributed by atoms with van der Waals surface area (Å²) in [7, 11) is 1.25. The predicted octanol–water partition coefficient (Wildman–Crippen LogP) is 3.69. The molecule has 1 atom stereocenters. The molecule has 10 nitrogen and oxygen atoms in total. The Labute approximate surface area is 228 Å². The second-order valence-electron chi connectivity index (χ2n) is 8.63. The summed E-state index contributed by atoms with van der Waals surface area (Å²) in [5.74, 6) is -2.17. The van der Waals surface area contributed by atoms with E-state index in [2.05, 4.69) is 10.6 Å². The Kier molecular flexibility index (Phi) is 8.55. The zero-order chi connectivity index (χ0) is 27.4. The van der Waals surface area contributed by atoms with Gasteiger partial charge in [0.2, 0.25) is 0 Å². The number of halogens is 2. The van der Waals surface area contributed by atoms with Gasteiger partial charge in [0.25, 0.3) is 5.91 Å². The van der Waals surface area contributed by atoms with Crippen molar-refractivity contribution >= 4 is 58.7 Å². The SMILES string of the molecule is COC(=O)C1=C(C)N(C[C@H]2CCCO2)C(=O)/C1=C/c1ccc(CNC(=O)C(=O)Nc2ccc(Cl)c(Cl)c2)o1. The largest absolute Gasteiger partial charge is 0.465 e. The van der Waals surface area contributed by atoms with Gasteiger partial charge in [-0.3, -0.25) is 14.4 Å². The van der Waals surface area contributed by atoms with Crippen molar-refractivity contribution in [2.75, 3.05) is 25.6 Å². The fraction of sp³-hybridized carbons (Fsp3) is 0.308. The van der Waals surface area contributed by atoms with Crippen molar-refractivity contribution in [2.45, 2.75) is 32.4 Å². The molecular weight excluding hydrogens is 537 g/mol. The first-order chi connectivity index (χ1) is 18.2. The van der Waals surface area contributed by atoms with Gasteiger partial charge in [-0.05, 0) is 56.2 Å². The van der Waals surface area contributed by atoms with Gasteiger partial charge in [-0.15, -0.1) is 0 Å². The topological polar surface area (TPSA) is 127 Å². The number of benzene rings is 1. The van der Waals surface area contributed by atoms with E-state index < -0.39 is 17.8 Å². The minimum Gasteiger partial charge on any atom is -0.465 e. The van der Waals surface area contributed by atoms with E-state index in [1.807, 2.05) is 0 Å². The summed E-state index contributed by atoms with van der Waals surface area (Å²) in [6, 6.07) is 7.60. The quantitative estimate of drug-likeness (QED) is 0.299. The molecule has 1 aromatic heterocycles. The molecule has 1 aromatic carbocycles. The Bertz CT molecular complexity index is 1340. The predicted molar refractivity (Wildman–Crippen MR) is 139 cm³/mol. The molecule has 0 spiro atoms. The highest BCUT2D eigenvalue weighted by Crippen LogP contribution is 2.33. The van der Waals surface area contributed by atoms with Crippen LogP contribution in [0.5, 0.6) is 0 Å². The van der Waals surface area contributed by atoms with Gasteiger partial charge in [0.15, 0.2) is 0 Å². The fourth-order valence-corrected chi connectivity index (χ4v) is 4.46. The first-order valence-electron chi connectivity index (χ1n) is 11.8. The van der Waals surface area contributed by atoms with Crippen molar-refractivity contribution in [1.29, 1.82) is 0 Å². The van der Waals surface area contributed by atoms with Gasteiger partial charge < -0.3 is 29.4 Å². The zero-order valence-corrected chi connectivity index (χ0v) is 22.1. The lowest BCUT2D eigenvalue weighted by Gasteiger charge is -2.21. The Morgan fingerprint density at radius 2 is 1.95 bits per heavy atom. The molecule has 2 N–H and O–H groups in total. The second kappa shape index (κ2) is 11.8. The van der Waals surface area contributed by atoms with Crippen molar-refractivity contribution in [2.24, 2.45) is 0 Å². The molecule has 1 saturated heterocycles. The molecule has 4 rings (SSSR count). The van der Waals surface area contributed by atoms with Gasteiger partial charge in [0, 0.05) is 18.0 Å². The van der Waals surface area contributed by atoms with Crippen LogP contribution in [0.4, 0.5) is 5.69 Å². The average molecular weight is 562 g/mol. The maximum absolute atomic E-state index is 13.2. The highest BCUT2D eigenvalue weighted by atomic mass is 35.5. The first kappa shape index (κ1) is 27.4. The van der Waals surface area contributed by atoms with Crippen molar-refractivity contribution in [3.8, 4) is 0 Å². The molecule has 1 fully saturated rings. The van der Waals surface area contributed by atoms with E-state index >= 15 is 0 Å². The molecule has 2 aliphatic rings. The second-order valence-corrected chi connectivity index (χ2v) is 9.44. The molecule has 12 heteroatoms. The number of hydrogen-bond donors (Lipinski definition) is 2. The van der Waals surface area contributed by atoms with Crippen molar-refractivity contribution in [3.63, 3.8) is 0 Å². The van der Waals surface area contributed by atoms with Crippen LogP contribution in [0.3, 0.4) is 0 Å². The smallest absolute Gasteiger partial charge is 0.340 e. The fourth-order valence-electron chi connectivity index (χ4n) is 4.16. The number of carbonyl (C=O) groups excluding carboxylic acids is 4. The lowest BCUT2D eigenvalue weighted by molar-refractivity contribution is -0.136. The van der Waals surface area contributed by atoms with Gasteiger partial charge in [-0.2, -0.15) is 0 Å². The Morgan fingerprint density at radius 3 is 2.63 bits per heavy atom. The third-order valence-electron chi connectivity index (χ3n) is 6.09. The van der Waals surface area contributed by atoms with Crippen LogP contribution in [0.1, 0.15) is 31.3 Å². The summed E-state index contributed by atoms with van der Waals surface area (Å²) in [5.41, 5.74) is 1.08. The molecular formula is C26H25Cl2N3O7. The summed E-state index contributed by atoms with van der Waals surface area (Å²) in [4.78, 5) is 51.6. The minimum atomic E-state index is -0.900. The number of allylic oxidation sites excluding steroid dienone is 1. The number of esters is 1. The molecule has 2 aliphatic heterocycles. The molecule has 0 saturated carbocycles. The van der Waals surface area contributed by atoms with Crippen molar-refractivity contribution < 1.29 is 33.1 Å². The van der Waals surface area contributed by atoms with Gasteiger partial charge in [-0.1, -0.05) is 23.2 Å². The van der Waals surface area contributed by atoms with E-state index in [0.29, 0.717) is 35.3 Å². The van der Waals surface area contributed by atoms with Crippen LogP contribution < -0.4 is 10.6 Å². The van der Waals surface area contributed by atoms with E-state index in [-0.39, 0.29) is 40.5 Å². The lowest BCUT2D eigenvalue weighted by atomic mass is 10.1. The normalized spacial score (nSPS) is 18.3. The Balaban J connectivity index is 1.42. The number of carbonyl (C=O) groups is 4. The standard InChI is InChI=1S/C26H25Cl2N3O7/c1-14-22(26(35)36-2)19(25(34)31(14)13-18-4-3-9-37-18)11-16-6-7-17(38-16)12-29-23(32)24(33)30-15-5-8-20(27)21(28)10-15/h5-8,10-11,18H,3-4,9,12-13H2,1-2H3,(H,29,32)(H,30,33)/b19-11+/t18-/m1/s1. The highest BCUT2D eigenvalue weighted by Gasteiger charge is 2.38. The van der Waals surface area contributed by atoms with Gasteiger partial charge >= 0.3 is 17.8 Å². The molecule has 0 aliphatic carbocycles. The summed E-state index contributed by atoms with van der Waals surface area (Å²) in [6.07, 6.45) is 3.11. The van der Waals surface area contributed by atoms with Crippen molar-refractivity contribution in [3.05, 3.63) is 68.7 Å². The van der Waals surface area contributed by atoms with E-state index in [0.717, 1.165) is 12.8 Å².